The molecule has 0 radical (unpaired) electrons. The Labute approximate surface area is 119 Å². The van der Waals surface area contributed by atoms with Crippen LogP contribution in [0.1, 0.15) is 15.9 Å². The minimum atomic E-state index is -0.367. The Bertz CT molecular complexity index is 894. The number of hydrogen-bond donors (Lipinski definition) is 0. The van der Waals surface area contributed by atoms with Gasteiger partial charge in [-0.05, 0) is 13.0 Å². The predicted octanol–water partition coefficient (Wildman–Crippen LogP) is 0.716. The van der Waals surface area contributed by atoms with Crippen LogP contribution in [0, 0.1) is 6.92 Å². The van der Waals surface area contributed by atoms with Gasteiger partial charge in [0.2, 0.25) is 0 Å². The first-order valence-electron chi connectivity index (χ1n) is 6.41. The van der Waals surface area contributed by atoms with Gasteiger partial charge in [0.05, 0.1) is 6.20 Å². The summed E-state index contributed by atoms with van der Waals surface area (Å²) >= 11 is 0. The van der Waals surface area contributed by atoms with E-state index < -0.39 is 0 Å². The summed E-state index contributed by atoms with van der Waals surface area (Å²) in [6, 6.07) is 7.21. The topological polar surface area (TPSA) is 82.7 Å². The molecule has 2 aromatic heterocycles. The van der Waals surface area contributed by atoms with Gasteiger partial charge in [0.15, 0.2) is 11.4 Å². The van der Waals surface area contributed by atoms with E-state index in [1.165, 1.54) is 10.9 Å². The van der Waals surface area contributed by atoms with Crippen molar-refractivity contribution in [2.45, 2.75) is 13.5 Å². The highest BCUT2D eigenvalue weighted by molar-refractivity contribution is 5.96. The van der Waals surface area contributed by atoms with E-state index >= 15 is 0 Å². The van der Waals surface area contributed by atoms with Crippen molar-refractivity contribution >= 4 is 16.8 Å². The average molecular weight is 283 g/mol. The van der Waals surface area contributed by atoms with E-state index in [1.54, 1.807) is 25.2 Å². The van der Waals surface area contributed by atoms with E-state index in [-0.39, 0.29) is 17.9 Å². The lowest BCUT2D eigenvalue weighted by Crippen LogP contribution is -2.27. The number of benzene rings is 1. The summed E-state index contributed by atoms with van der Waals surface area (Å²) in [5, 5.41) is 12.0. The zero-order valence-corrected chi connectivity index (χ0v) is 11.6. The fourth-order valence-corrected chi connectivity index (χ4v) is 2.13. The van der Waals surface area contributed by atoms with Crippen molar-refractivity contribution in [3.8, 4) is 0 Å². The molecule has 0 amide bonds. The minimum Gasteiger partial charge on any atom is -0.292 e. The van der Waals surface area contributed by atoms with Crippen molar-refractivity contribution in [3.05, 3.63) is 51.9 Å². The maximum atomic E-state index is 12.2. The number of aryl methyl sites for hydroxylation is 2. The van der Waals surface area contributed by atoms with Gasteiger partial charge in [0.25, 0.3) is 5.56 Å². The number of ketones is 1. The third-order valence-corrected chi connectivity index (χ3v) is 3.25. The van der Waals surface area contributed by atoms with E-state index in [2.05, 4.69) is 15.4 Å². The summed E-state index contributed by atoms with van der Waals surface area (Å²) in [6.45, 7) is 1.77. The molecule has 7 nitrogen and oxygen atoms in total. The Morgan fingerprint density at radius 1 is 1.33 bits per heavy atom. The van der Waals surface area contributed by atoms with Crippen molar-refractivity contribution in [2.75, 3.05) is 0 Å². The molecule has 0 saturated carbocycles. The summed E-state index contributed by atoms with van der Waals surface area (Å²) in [7, 11) is 1.68. The van der Waals surface area contributed by atoms with Gasteiger partial charge in [0.1, 0.15) is 11.9 Å². The Hall–Kier alpha value is -2.83. The van der Waals surface area contributed by atoms with Crippen molar-refractivity contribution in [1.29, 1.82) is 0 Å². The first kappa shape index (κ1) is 13.2. The molecule has 2 heterocycles. The molecule has 21 heavy (non-hydrogen) atoms. The van der Waals surface area contributed by atoms with E-state index in [9.17, 15) is 9.59 Å². The lowest BCUT2D eigenvalue weighted by Gasteiger charge is -2.04. The smallest absolute Gasteiger partial charge is 0.281 e. The number of hydrogen-bond acceptors (Lipinski definition) is 5. The van der Waals surface area contributed by atoms with Gasteiger partial charge in [-0.2, -0.15) is 5.10 Å². The molecule has 0 aliphatic carbocycles. The second-order valence-corrected chi connectivity index (χ2v) is 4.85. The first-order valence-corrected chi connectivity index (χ1v) is 6.41. The van der Waals surface area contributed by atoms with Crippen LogP contribution in [-0.4, -0.2) is 30.6 Å². The standard InChI is InChI=1S/C14H13N5O2/c1-9-4-3-5-10(6-9)12(20)8-19-14(21)11-7-15-18(2)13(11)16-17-19/h3-7H,8H2,1-2H3. The van der Waals surface area contributed by atoms with Gasteiger partial charge in [-0.3, -0.25) is 9.59 Å². The summed E-state index contributed by atoms with van der Waals surface area (Å²) in [5.41, 5.74) is 1.57. The highest BCUT2D eigenvalue weighted by Crippen LogP contribution is 2.06. The zero-order chi connectivity index (χ0) is 15.0. The Morgan fingerprint density at radius 3 is 2.90 bits per heavy atom. The van der Waals surface area contributed by atoms with Gasteiger partial charge >= 0.3 is 0 Å². The highest BCUT2D eigenvalue weighted by Gasteiger charge is 2.13. The third kappa shape index (κ3) is 2.33. The van der Waals surface area contributed by atoms with Crippen LogP contribution in [0.25, 0.3) is 11.0 Å². The monoisotopic (exact) mass is 283 g/mol. The SMILES string of the molecule is Cc1cccc(C(=O)Cn2nnc3c(cnn3C)c2=O)c1. The largest absolute Gasteiger partial charge is 0.292 e. The molecule has 0 atom stereocenters. The van der Waals surface area contributed by atoms with Gasteiger partial charge in [-0.15, -0.1) is 5.10 Å². The normalized spacial score (nSPS) is 11.0. The van der Waals surface area contributed by atoms with Crippen LogP contribution in [0.5, 0.6) is 0 Å². The van der Waals surface area contributed by atoms with Gasteiger partial charge in [0, 0.05) is 12.6 Å². The number of nitrogens with zero attached hydrogens (tertiary/aromatic N) is 5. The first-order chi connectivity index (χ1) is 10.1. The van der Waals surface area contributed by atoms with Crippen LogP contribution in [0.3, 0.4) is 0 Å². The van der Waals surface area contributed by atoms with Crippen LogP contribution in [0.4, 0.5) is 0 Å². The lowest BCUT2D eigenvalue weighted by atomic mass is 10.1. The molecule has 0 aliphatic rings. The van der Waals surface area contributed by atoms with E-state index in [0.29, 0.717) is 16.6 Å². The predicted molar refractivity (Wildman–Crippen MR) is 76.1 cm³/mol. The second-order valence-electron chi connectivity index (χ2n) is 4.85. The van der Waals surface area contributed by atoms with Crippen LogP contribution >= 0.6 is 0 Å². The second kappa shape index (κ2) is 4.93. The van der Waals surface area contributed by atoms with Crippen molar-refractivity contribution in [1.82, 2.24) is 24.8 Å². The molecule has 0 N–H and O–H groups in total. The molecule has 1 aromatic carbocycles. The lowest BCUT2D eigenvalue weighted by molar-refractivity contribution is 0.0964. The molecule has 0 bridgehead atoms. The number of Topliss-reactive ketones (excluding diaryl/α,β-unsaturated/α-hetero) is 1. The van der Waals surface area contributed by atoms with Gasteiger partial charge in [-0.1, -0.05) is 29.0 Å². The molecule has 0 unspecified atom stereocenters. The van der Waals surface area contributed by atoms with E-state index in [1.807, 2.05) is 13.0 Å². The Balaban J connectivity index is 1.97. The number of fused-ring (bicyclic) bond motifs is 1. The van der Waals surface area contributed by atoms with Gasteiger partial charge in [-0.25, -0.2) is 9.36 Å². The third-order valence-electron chi connectivity index (χ3n) is 3.25. The summed E-state index contributed by atoms with van der Waals surface area (Å²) in [4.78, 5) is 24.4. The number of rotatable bonds is 3. The molecule has 0 fully saturated rings. The van der Waals surface area contributed by atoms with Crippen LogP contribution in [0.15, 0.2) is 35.3 Å². The molecule has 3 rings (SSSR count). The van der Waals surface area contributed by atoms with E-state index in [0.717, 1.165) is 10.2 Å². The number of carbonyl (C=O) groups is 1. The highest BCUT2D eigenvalue weighted by atomic mass is 16.1. The fraction of sp³-hybridized carbons (Fsp3) is 0.214. The summed E-state index contributed by atoms with van der Waals surface area (Å²) in [5.74, 6) is -0.182. The van der Waals surface area contributed by atoms with E-state index in [4.69, 9.17) is 0 Å². The Morgan fingerprint density at radius 2 is 2.14 bits per heavy atom. The molecule has 0 saturated heterocycles. The maximum absolute atomic E-state index is 12.2. The molecule has 3 aromatic rings. The molecule has 0 spiro atoms. The summed E-state index contributed by atoms with van der Waals surface area (Å²) < 4.78 is 2.53. The molecular formula is C14H13N5O2. The van der Waals surface area contributed by atoms with Gasteiger partial charge < -0.3 is 0 Å². The molecule has 7 heteroatoms. The Kier molecular flexibility index (Phi) is 3.09. The van der Waals surface area contributed by atoms with Crippen molar-refractivity contribution in [3.63, 3.8) is 0 Å². The number of carbonyl (C=O) groups excluding carboxylic acids is 1. The molecule has 106 valence electrons. The maximum Gasteiger partial charge on any atom is 0.281 e. The van der Waals surface area contributed by atoms with Crippen LogP contribution in [0.2, 0.25) is 0 Å². The minimum absolute atomic E-state index is 0.139. The van der Waals surface area contributed by atoms with Crippen LogP contribution in [-0.2, 0) is 13.6 Å². The molecule has 0 aliphatic heterocycles. The number of aromatic nitrogens is 5. The average Bonchev–Trinajstić information content (AvgIpc) is 2.84. The molecular weight excluding hydrogens is 270 g/mol. The quantitative estimate of drug-likeness (QED) is 0.661. The van der Waals surface area contributed by atoms with Crippen molar-refractivity contribution in [2.24, 2.45) is 7.05 Å². The summed E-state index contributed by atoms with van der Waals surface area (Å²) in [6.07, 6.45) is 1.43. The fourth-order valence-electron chi connectivity index (χ4n) is 2.13. The van der Waals surface area contributed by atoms with Crippen LogP contribution < -0.4 is 5.56 Å². The van der Waals surface area contributed by atoms with Crippen molar-refractivity contribution < 1.29 is 4.79 Å². The zero-order valence-electron chi connectivity index (χ0n) is 11.6.